The molecule has 2 heterocycles. The van der Waals surface area contributed by atoms with Gasteiger partial charge in [0.25, 0.3) is 0 Å². The van der Waals surface area contributed by atoms with Crippen molar-refractivity contribution >= 4 is 34.5 Å². The van der Waals surface area contributed by atoms with Gasteiger partial charge in [-0.1, -0.05) is 23.2 Å². The van der Waals surface area contributed by atoms with E-state index in [9.17, 15) is 0 Å². The van der Waals surface area contributed by atoms with Crippen LogP contribution in [-0.2, 0) is 0 Å². The highest BCUT2D eigenvalue weighted by Gasteiger charge is 2.16. The second-order valence-corrected chi connectivity index (χ2v) is 5.17. The maximum absolute atomic E-state index is 6.00. The monoisotopic (exact) mass is 259 g/mol. The Morgan fingerprint density at radius 2 is 2.13 bits per heavy atom. The Kier molecular flexibility index (Phi) is 3.21. The number of hydrogen-bond acceptors (Lipinski definition) is 4. The summed E-state index contributed by atoms with van der Waals surface area (Å²) in [5.41, 5.74) is 7.45. The number of nitrogens with two attached hydrogens (primary N) is 1. The molecule has 2 rings (SSSR count). The molecule has 0 aliphatic heterocycles. The third-order valence-electron chi connectivity index (χ3n) is 1.92. The SMILES string of the molecule is NC(c1cnccn1)c1cc(Cl)sc1Cl. The first-order valence-corrected chi connectivity index (χ1v) is 5.72. The molecule has 1 atom stereocenters. The summed E-state index contributed by atoms with van der Waals surface area (Å²) in [5.74, 6) is 0. The van der Waals surface area contributed by atoms with Crippen LogP contribution in [0.2, 0.25) is 8.67 Å². The van der Waals surface area contributed by atoms with Gasteiger partial charge in [-0.3, -0.25) is 9.97 Å². The Hall–Kier alpha value is -0.680. The lowest BCUT2D eigenvalue weighted by Gasteiger charge is -2.08. The van der Waals surface area contributed by atoms with Crippen LogP contribution in [0.25, 0.3) is 0 Å². The van der Waals surface area contributed by atoms with Crippen LogP contribution < -0.4 is 5.73 Å². The minimum Gasteiger partial charge on any atom is -0.319 e. The van der Waals surface area contributed by atoms with Crippen LogP contribution in [0, 0.1) is 0 Å². The van der Waals surface area contributed by atoms with Crippen molar-refractivity contribution < 1.29 is 0 Å². The van der Waals surface area contributed by atoms with E-state index in [0.29, 0.717) is 14.4 Å². The van der Waals surface area contributed by atoms with E-state index in [0.717, 1.165) is 5.56 Å². The molecule has 6 heteroatoms. The summed E-state index contributed by atoms with van der Waals surface area (Å²) in [6.07, 6.45) is 4.81. The van der Waals surface area contributed by atoms with Gasteiger partial charge in [-0.15, -0.1) is 11.3 Å². The summed E-state index contributed by atoms with van der Waals surface area (Å²) in [6, 6.07) is 1.38. The summed E-state index contributed by atoms with van der Waals surface area (Å²) in [4.78, 5) is 8.07. The van der Waals surface area contributed by atoms with Gasteiger partial charge in [-0.2, -0.15) is 0 Å². The molecule has 78 valence electrons. The van der Waals surface area contributed by atoms with E-state index in [2.05, 4.69) is 9.97 Å². The molecule has 3 nitrogen and oxygen atoms in total. The van der Waals surface area contributed by atoms with Crippen LogP contribution in [0.5, 0.6) is 0 Å². The van der Waals surface area contributed by atoms with E-state index in [1.54, 1.807) is 24.7 Å². The highest BCUT2D eigenvalue weighted by molar-refractivity contribution is 7.20. The molecule has 0 amide bonds. The average molecular weight is 260 g/mol. The van der Waals surface area contributed by atoms with Crippen LogP contribution in [0.3, 0.4) is 0 Å². The van der Waals surface area contributed by atoms with Crippen LogP contribution in [0.1, 0.15) is 17.3 Å². The summed E-state index contributed by atoms with van der Waals surface area (Å²) in [6.45, 7) is 0. The largest absolute Gasteiger partial charge is 0.319 e. The number of rotatable bonds is 2. The van der Waals surface area contributed by atoms with Gasteiger partial charge in [0, 0.05) is 18.0 Å². The molecule has 0 spiro atoms. The van der Waals surface area contributed by atoms with Crippen molar-refractivity contribution in [2.45, 2.75) is 6.04 Å². The molecule has 15 heavy (non-hydrogen) atoms. The van der Waals surface area contributed by atoms with Crippen LogP contribution in [-0.4, -0.2) is 9.97 Å². The molecule has 2 N–H and O–H groups in total. The Morgan fingerprint density at radius 3 is 2.67 bits per heavy atom. The van der Waals surface area contributed by atoms with E-state index in [1.165, 1.54) is 11.3 Å². The zero-order chi connectivity index (χ0) is 10.8. The van der Waals surface area contributed by atoms with Crippen molar-refractivity contribution in [3.63, 3.8) is 0 Å². The zero-order valence-corrected chi connectivity index (χ0v) is 9.85. The van der Waals surface area contributed by atoms with E-state index in [4.69, 9.17) is 28.9 Å². The number of thiophene rings is 1. The molecule has 2 aromatic heterocycles. The van der Waals surface area contributed by atoms with Gasteiger partial charge in [0.05, 0.1) is 26.6 Å². The summed E-state index contributed by atoms with van der Waals surface area (Å²) in [7, 11) is 0. The smallest absolute Gasteiger partial charge is 0.0995 e. The quantitative estimate of drug-likeness (QED) is 0.903. The van der Waals surface area contributed by atoms with E-state index in [1.807, 2.05) is 0 Å². The molecule has 1 unspecified atom stereocenters. The molecule has 0 aliphatic carbocycles. The maximum Gasteiger partial charge on any atom is 0.0995 e. The minimum atomic E-state index is -0.380. The van der Waals surface area contributed by atoms with Crippen molar-refractivity contribution in [3.8, 4) is 0 Å². The molecule has 2 aromatic rings. The molecule has 0 radical (unpaired) electrons. The van der Waals surface area contributed by atoms with Gasteiger partial charge in [-0.05, 0) is 6.07 Å². The maximum atomic E-state index is 6.00. The van der Waals surface area contributed by atoms with Gasteiger partial charge in [-0.25, -0.2) is 0 Å². The lowest BCUT2D eigenvalue weighted by atomic mass is 10.1. The minimum absolute atomic E-state index is 0.380. The van der Waals surface area contributed by atoms with Gasteiger partial charge < -0.3 is 5.73 Å². The third-order valence-corrected chi connectivity index (χ3v) is 3.44. The highest BCUT2D eigenvalue weighted by Crippen LogP contribution is 2.35. The van der Waals surface area contributed by atoms with Crippen molar-refractivity contribution in [2.75, 3.05) is 0 Å². The average Bonchev–Trinajstić information content (AvgIpc) is 2.58. The van der Waals surface area contributed by atoms with Crippen molar-refractivity contribution in [1.82, 2.24) is 9.97 Å². The summed E-state index contributed by atoms with van der Waals surface area (Å²) in [5, 5.41) is 0. The Bertz CT molecular complexity index is 458. The van der Waals surface area contributed by atoms with Gasteiger partial charge >= 0.3 is 0 Å². The highest BCUT2D eigenvalue weighted by atomic mass is 35.5. The predicted octanol–water partition coefficient (Wildman–Crippen LogP) is 2.89. The van der Waals surface area contributed by atoms with Gasteiger partial charge in [0.1, 0.15) is 0 Å². The number of nitrogens with zero attached hydrogens (tertiary/aromatic N) is 2. The second kappa shape index (κ2) is 4.45. The zero-order valence-electron chi connectivity index (χ0n) is 7.52. The fourth-order valence-corrected chi connectivity index (χ4v) is 2.75. The predicted molar refractivity (Wildman–Crippen MR) is 62.4 cm³/mol. The standard InChI is InChI=1S/C9H7Cl2N3S/c10-7-3-5(9(11)15-7)8(12)6-4-13-1-2-14-6/h1-4,8H,12H2. The van der Waals surface area contributed by atoms with E-state index in [-0.39, 0.29) is 6.04 Å². The van der Waals surface area contributed by atoms with Crippen molar-refractivity contribution in [2.24, 2.45) is 5.73 Å². The molecule has 0 fully saturated rings. The van der Waals surface area contributed by atoms with Gasteiger partial charge in [0.2, 0.25) is 0 Å². The fourth-order valence-electron chi connectivity index (χ4n) is 1.20. The van der Waals surface area contributed by atoms with Crippen molar-refractivity contribution in [3.05, 3.63) is 44.6 Å². The molecule has 0 saturated heterocycles. The lowest BCUT2D eigenvalue weighted by molar-refractivity contribution is 0.822. The Labute approximate surface area is 101 Å². The number of hydrogen-bond donors (Lipinski definition) is 1. The topological polar surface area (TPSA) is 51.8 Å². The van der Waals surface area contributed by atoms with Crippen LogP contribution >= 0.6 is 34.5 Å². The number of halogens is 2. The fraction of sp³-hybridized carbons (Fsp3) is 0.111. The number of aromatic nitrogens is 2. The van der Waals surface area contributed by atoms with Crippen LogP contribution in [0.15, 0.2) is 24.7 Å². The first kappa shape index (κ1) is 10.8. The molecular weight excluding hydrogens is 253 g/mol. The Balaban J connectivity index is 2.36. The molecule has 0 bridgehead atoms. The first-order chi connectivity index (χ1) is 7.18. The molecule has 0 saturated carbocycles. The van der Waals surface area contributed by atoms with E-state index < -0.39 is 0 Å². The van der Waals surface area contributed by atoms with Crippen molar-refractivity contribution in [1.29, 1.82) is 0 Å². The van der Waals surface area contributed by atoms with E-state index >= 15 is 0 Å². The summed E-state index contributed by atoms with van der Waals surface area (Å²) >= 11 is 13.1. The molecule has 0 aliphatic rings. The molecule has 0 aromatic carbocycles. The normalized spacial score (nSPS) is 12.7. The summed E-state index contributed by atoms with van der Waals surface area (Å²) < 4.78 is 1.22. The third kappa shape index (κ3) is 2.29. The Morgan fingerprint density at radius 1 is 1.33 bits per heavy atom. The van der Waals surface area contributed by atoms with Crippen LogP contribution in [0.4, 0.5) is 0 Å². The lowest BCUT2D eigenvalue weighted by Crippen LogP contribution is -2.13. The second-order valence-electron chi connectivity index (χ2n) is 2.89. The first-order valence-electron chi connectivity index (χ1n) is 4.14. The van der Waals surface area contributed by atoms with Gasteiger partial charge in [0.15, 0.2) is 0 Å². The molecular formula is C9H7Cl2N3S.